The zero-order chi connectivity index (χ0) is 15.7. The van der Waals surface area contributed by atoms with Crippen molar-refractivity contribution in [3.63, 3.8) is 0 Å². The summed E-state index contributed by atoms with van der Waals surface area (Å²) >= 11 is 0. The van der Waals surface area contributed by atoms with Gasteiger partial charge in [-0.3, -0.25) is 4.68 Å². The molecular formula is C15H30N4O2. The van der Waals surface area contributed by atoms with Gasteiger partial charge in [0, 0.05) is 13.2 Å². The van der Waals surface area contributed by atoms with Gasteiger partial charge >= 0.3 is 0 Å². The van der Waals surface area contributed by atoms with Crippen LogP contribution in [-0.4, -0.2) is 62.2 Å². The van der Waals surface area contributed by atoms with Gasteiger partial charge in [0.2, 0.25) is 0 Å². The number of aromatic nitrogens is 2. The minimum atomic E-state index is 0.101. The van der Waals surface area contributed by atoms with Gasteiger partial charge in [-0.1, -0.05) is 6.92 Å². The van der Waals surface area contributed by atoms with Crippen LogP contribution >= 0.6 is 0 Å². The molecule has 6 nitrogen and oxygen atoms in total. The average molecular weight is 298 g/mol. The number of ether oxygens (including phenoxy) is 2. The van der Waals surface area contributed by atoms with E-state index in [9.17, 15) is 0 Å². The highest BCUT2D eigenvalue weighted by atomic mass is 16.5. The predicted molar refractivity (Wildman–Crippen MR) is 84.9 cm³/mol. The Morgan fingerprint density at radius 3 is 2.71 bits per heavy atom. The summed E-state index contributed by atoms with van der Waals surface area (Å²) in [6, 6.07) is 0.101. The van der Waals surface area contributed by atoms with Crippen molar-refractivity contribution < 1.29 is 9.47 Å². The molecule has 1 aromatic heterocycles. The second-order valence-corrected chi connectivity index (χ2v) is 5.29. The fraction of sp³-hybridized carbons (Fsp3) is 0.800. The maximum Gasteiger partial charge on any atom is 0.161 e. The highest BCUT2D eigenvalue weighted by Gasteiger charge is 2.21. The van der Waals surface area contributed by atoms with E-state index in [-0.39, 0.29) is 6.04 Å². The molecule has 1 heterocycles. The highest BCUT2D eigenvalue weighted by Crippen LogP contribution is 2.25. The van der Waals surface area contributed by atoms with Gasteiger partial charge in [0.05, 0.1) is 38.2 Å². The molecule has 122 valence electrons. The number of nitrogens with one attached hydrogen (secondary N) is 1. The highest BCUT2D eigenvalue weighted by molar-refractivity contribution is 5.28. The third kappa shape index (κ3) is 5.65. The van der Waals surface area contributed by atoms with Crippen LogP contribution in [-0.2, 0) is 11.3 Å². The number of hydrogen-bond acceptors (Lipinski definition) is 5. The van der Waals surface area contributed by atoms with Crippen LogP contribution in [0.1, 0.15) is 32.0 Å². The lowest BCUT2D eigenvalue weighted by Gasteiger charge is -2.21. The SMILES string of the molecule is CCCNC(COCC)c1c(OC)cnn1CCN(C)C. The Labute approximate surface area is 128 Å². The lowest BCUT2D eigenvalue weighted by molar-refractivity contribution is 0.119. The van der Waals surface area contributed by atoms with Crippen LogP contribution in [0, 0.1) is 0 Å². The molecule has 0 radical (unpaired) electrons. The van der Waals surface area contributed by atoms with Crippen molar-refractivity contribution in [1.29, 1.82) is 0 Å². The molecule has 1 N–H and O–H groups in total. The standard InChI is InChI=1S/C15H30N4O2/c1-6-8-16-13(12-21-7-2)15-14(20-5)11-17-19(15)10-9-18(3)4/h11,13,16H,6-10,12H2,1-5H3. The van der Waals surface area contributed by atoms with E-state index in [0.29, 0.717) is 13.2 Å². The third-order valence-electron chi connectivity index (χ3n) is 3.28. The van der Waals surface area contributed by atoms with E-state index in [1.165, 1.54) is 0 Å². The third-order valence-corrected chi connectivity index (χ3v) is 3.28. The summed E-state index contributed by atoms with van der Waals surface area (Å²) in [6.07, 6.45) is 2.87. The summed E-state index contributed by atoms with van der Waals surface area (Å²) in [4.78, 5) is 2.15. The van der Waals surface area contributed by atoms with Gasteiger partial charge in [0.1, 0.15) is 0 Å². The van der Waals surface area contributed by atoms with Gasteiger partial charge < -0.3 is 19.7 Å². The Morgan fingerprint density at radius 1 is 1.38 bits per heavy atom. The van der Waals surface area contributed by atoms with Gasteiger partial charge in [-0.05, 0) is 34.0 Å². The van der Waals surface area contributed by atoms with Crippen molar-refractivity contribution in [3.05, 3.63) is 11.9 Å². The van der Waals surface area contributed by atoms with E-state index < -0.39 is 0 Å². The zero-order valence-corrected chi connectivity index (χ0v) is 14.1. The number of hydrogen-bond donors (Lipinski definition) is 1. The van der Waals surface area contributed by atoms with E-state index in [1.54, 1.807) is 13.3 Å². The molecule has 0 amide bonds. The first kappa shape index (κ1) is 17.9. The maximum absolute atomic E-state index is 5.63. The molecule has 1 atom stereocenters. The van der Waals surface area contributed by atoms with Gasteiger partial charge in [0.25, 0.3) is 0 Å². The van der Waals surface area contributed by atoms with E-state index >= 15 is 0 Å². The summed E-state index contributed by atoms with van der Waals surface area (Å²) in [6.45, 7) is 8.22. The largest absolute Gasteiger partial charge is 0.493 e. The van der Waals surface area contributed by atoms with Crippen molar-refractivity contribution in [2.45, 2.75) is 32.9 Å². The van der Waals surface area contributed by atoms with E-state index in [2.05, 4.69) is 36.3 Å². The molecule has 0 saturated heterocycles. The fourth-order valence-electron chi connectivity index (χ4n) is 2.15. The second-order valence-electron chi connectivity index (χ2n) is 5.29. The Bertz CT molecular complexity index is 385. The maximum atomic E-state index is 5.63. The Morgan fingerprint density at radius 2 is 2.14 bits per heavy atom. The summed E-state index contributed by atoms with van der Waals surface area (Å²) in [5.74, 6) is 0.821. The molecule has 0 fully saturated rings. The number of nitrogens with zero attached hydrogens (tertiary/aromatic N) is 3. The minimum Gasteiger partial charge on any atom is -0.493 e. The van der Waals surface area contributed by atoms with E-state index in [1.807, 2.05) is 11.6 Å². The first-order valence-corrected chi connectivity index (χ1v) is 7.69. The van der Waals surface area contributed by atoms with Crippen molar-refractivity contribution in [3.8, 4) is 5.75 Å². The predicted octanol–water partition coefficient (Wildman–Crippen LogP) is 1.53. The molecule has 1 aromatic rings. The first-order valence-electron chi connectivity index (χ1n) is 7.69. The Kier molecular flexibility index (Phi) is 8.34. The zero-order valence-electron chi connectivity index (χ0n) is 14.1. The number of methoxy groups -OCH3 is 1. The van der Waals surface area contributed by atoms with Gasteiger partial charge in [-0.2, -0.15) is 5.10 Å². The van der Waals surface area contributed by atoms with Crippen LogP contribution in [0.15, 0.2) is 6.20 Å². The lowest BCUT2D eigenvalue weighted by Crippen LogP contribution is -2.30. The van der Waals surface area contributed by atoms with Crippen molar-refractivity contribution in [2.24, 2.45) is 0 Å². The Hall–Kier alpha value is -1.11. The summed E-state index contributed by atoms with van der Waals surface area (Å²) in [5, 5.41) is 8.00. The molecule has 0 bridgehead atoms. The summed E-state index contributed by atoms with van der Waals surface area (Å²) < 4.78 is 13.1. The Balaban J connectivity index is 2.92. The molecule has 0 aliphatic rings. The topological polar surface area (TPSA) is 51.5 Å². The quantitative estimate of drug-likeness (QED) is 0.671. The normalized spacial score (nSPS) is 12.9. The average Bonchev–Trinajstić information content (AvgIpc) is 2.88. The molecule has 0 saturated carbocycles. The minimum absolute atomic E-state index is 0.101. The van der Waals surface area contributed by atoms with Crippen molar-refractivity contribution >= 4 is 0 Å². The van der Waals surface area contributed by atoms with Crippen LogP contribution in [0.5, 0.6) is 5.75 Å². The molecular weight excluding hydrogens is 268 g/mol. The van der Waals surface area contributed by atoms with Crippen molar-refractivity contribution in [1.82, 2.24) is 20.0 Å². The second kappa shape index (κ2) is 9.76. The van der Waals surface area contributed by atoms with Gasteiger partial charge in [0.15, 0.2) is 5.75 Å². The van der Waals surface area contributed by atoms with Crippen molar-refractivity contribution in [2.75, 3.05) is 47.5 Å². The molecule has 0 spiro atoms. The molecule has 6 heteroatoms. The van der Waals surface area contributed by atoms with Crippen LogP contribution < -0.4 is 10.1 Å². The van der Waals surface area contributed by atoms with Crippen LogP contribution in [0.2, 0.25) is 0 Å². The fourth-order valence-corrected chi connectivity index (χ4v) is 2.15. The smallest absolute Gasteiger partial charge is 0.161 e. The number of likely N-dealkylation sites (N-methyl/N-ethyl adjacent to an activating group) is 1. The number of rotatable bonds is 11. The molecule has 1 unspecified atom stereocenters. The molecule has 0 aliphatic carbocycles. The summed E-state index contributed by atoms with van der Waals surface area (Å²) in [5.41, 5.74) is 1.07. The van der Waals surface area contributed by atoms with Crippen LogP contribution in [0.4, 0.5) is 0 Å². The monoisotopic (exact) mass is 298 g/mol. The van der Waals surface area contributed by atoms with Gasteiger partial charge in [-0.15, -0.1) is 0 Å². The summed E-state index contributed by atoms with van der Waals surface area (Å²) in [7, 11) is 5.81. The molecule has 0 aliphatic heterocycles. The van der Waals surface area contributed by atoms with E-state index in [4.69, 9.17) is 9.47 Å². The van der Waals surface area contributed by atoms with Crippen LogP contribution in [0.25, 0.3) is 0 Å². The van der Waals surface area contributed by atoms with Gasteiger partial charge in [-0.25, -0.2) is 0 Å². The van der Waals surface area contributed by atoms with Crippen LogP contribution in [0.3, 0.4) is 0 Å². The van der Waals surface area contributed by atoms with E-state index in [0.717, 1.165) is 37.5 Å². The molecule has 0 aromatic carbocycles. The molecule has 21 heavy (non-hydrogen) atoms. The lowest BCUT2D eigenvalue weighted by atomic mass is 10.2. The molecule has 1 rings (SSSR count). The first-order chi connectivity index (χ1) is 10.1.